The Morgan fingerprint density at radius 2 is 1.54 bits per heavy atom. The highest BCUT2D eigenvalue weighted by Crippen LogP contribution is 2.19. The summed E-state index contributed by atoms with van der Waals surface area (Å²) < 4.78 is 27.1. The van der Waals surface area contributed by atoms with Crippen LogP contribution in [0.25, 0.3) is 0 Å². The number of carbonyl (C=O) groups is 1. The molecule has 0 radical (unpaired) electrons. The molecule has 0 spiro atoms. The number of hydrogen-bond donors (Lipinski definition) is 0. The minimum absolute atomic E-state index is 0.0495. The van der Waals surface area contributed by atoms with Crippen LogP contribution >= 0.6 is 0 Å². The third-order valence-corrected chi connectivity index (χ3v) is 6.56. The Morgan fingerprint density at radius 3 is 2.12 bits per heavy atom. The molecule has 0 N–H and O–H groups in total. The van der Waals surface area contributed by atoms with Gasteiger partial charge in [0.15, 0.2) is 0 Å². The summed E-state index contributed by atoms with van der Waals surface area (Å²) in [5.41, 5.74) is 1.78. The lowest BCUT2D eigenvalue weighted by Crippen LogP contribution is -2.50. The van der Waals surface area contributed by atoms with E-state index in [-0.39, 0.29) is 5.91 Å². The van der Waals surface area contributed by atoms with Gasteiger partial charge in [0.1, 0.15) is 0 Å². The molecule has 5 nitrogen and oxygen atoms in total. The monoisotopic (exact) mass is 372 g/mol. The molecule has 2 aromatic rings. The van der Waals surface area contributed by atoms with Gasteiger partial charge in [0.05, 0.1) is 4.90 Å². The highest BCUT2D eigenvalue weighted by molar-refractivity contribution is 7.89. The van der Waals surface area contributed by atoms with Crippen molar-refractivity contribution in [3.8, 4) is 0 Å². The van der Waals surface area contributed by atoms with E-state index in [0.29, 0.717) is 36.6 Å². The number of hydrogen-bond acceptors (Lipinski definition) is 3. The van der Waals surface area contributed by atoms with Crippen molar-refractivity contribution in [3.05, 3.63) is 65.7 Å². The van der Waals surface area contributed by atoms with Crippen molar-refractivity contribution < 1.29 is 13.2 Å². The Balaban J connectivity index is 1.66. The maximum atomic E-state index is 12.8. The highest BCUT2D eigenvalue weighted by atomic mass is 32.2. The van der Waals surface area contributed by atoms with Crippen LogP contribution in [0.3, 0.4) is 0 Å². The summed E-state index contributed by atoms with van der Waals surface area (Å²) in [4.78, 5) is 14.5. The van der Waals surface area contributed by atoms with Gasteiger partial charge in [0.2, 0.25) is 10.0 Å². The average Bonchev–Trinajstić information content (AvgIpc) is 2.69. The van der Waals surface area contributed by atoms with Crippen molar-refractivity contribution in [1.82, 2.24) is 9.21 Å². The second kappa shape index (κ2) is 8.01. The zero-order chi connectivity index (χ0) is 18.6. The molecule has 138 valence electrons. The summed E-state index contributed by atoms with van der Waals surface area (Å²) in [7, 11) is -3.51. The standard InChI is InChI=1S/C20H24N2O3S/c1-2-6-17-9-11-19(12-10-17)26(24,25)22-15-13-21(14-16-22)20(23)18-7-4-3-5-8-18/h3-5,7-12H,2,6,13-16H2,1H3. The van der Waals surface area contributed by atoms with Crippen molar-refractivity contribution in [2.75, 3.05) is 26.2 Å². The number of piperazine rings is 1. The molecular formula is C20H24N2O3S. The van der Waals surface area contributed by atoms with E-state index in [2.05, 4.69) is 6.92 Å². The van der Waals surface area contributed by atoms with Crippen molar-refractivity contribution in [1.29, 1.82) is 0 Å². The van der Waals surface area contributed by atoms with Crippen LogP contribution in [0.2, 0.25) is 0 Å². The van der Waals surface area contributed by atoms with E-state index in [0.717, 1.165) is 18.4 Å². The highest BCUT2D eigenvalue weighted by Gasteiger charge is 2.30. The third-order valence-electron chi connectivity index (χ3n) is 4.65. The SMILES string of the molecule is CCCc1ccc(S(=O)(=O)N2CCN(C(=O)c3ccccc3)CC2)cc1. The van der Waals surface area contributed by atoms with Crippen LogP contribution in [0.4, 0.5) is 0 Å². The van der Waals surface area contributed by atoms with E-state index >= 15 is 0 Å². The van der Waals surface area contributed by atoms with Gasteiger partial charge in [-0.05, 0) is 36.2 Å². The predicted molar refractivity (Wildman–Crippen MR) is 102 cm³/mol. The van der Waals surface area contributed by atoms with Gasteiger partial charge in [0.25, 0.3) is 5.91 Å². The van der Waals surface area contributed by atoms with Crippen LogP contribution in [0, 0.1) is 0 Å². The molecule has 1 aliphatic rings. The van der Waals surface area contributed by atoms with E-state index in [9.17, 15) is 13.2 Å². The lowest BCUT2D eigenvalue weighted by Gasteiger charge is -2.34. The van der Waals surface area contributed by atoms with Crippen molar-refractivity contribution in [2.24, 2.45) is 0 Å². The van der Waals surface area contributed by atoms with Crippen LogP contribution in [0.5, 0.6) is 0 Å². The molecule has 0 unspecified atom stereocenters. The first kappa shape index (κ1) is 18.6. The van der Waals surface area contributed by atoms with Gasteiger partial charge in [-0.1, -0.05) is 43.7 Å². The van der Waals surface area contributed by atoms with Crippen molar-refractivity contribution in [2.45, 2.75) is 24.7 Å². The first-order chi connectivity index (χ1) is 12.5. The molecule has 3 rings (SSSR count). The quantitative estimate of drug-likeness (QED) is 0.811. The van der Waals surface area contributed by atoms with E-state index < -0.39 is 10.0 Å². The lowest BCUT2D eigenvalue weighted by molar-refractivity contribution is 0.0698. The fourth-order valence-electron chi connectivity index (χ4n) is 3.16. The number of sulfonamides is 1. The van der Waals surface area contributed by atoms with Crippen LogP contribution < -0.4 is 0 Å². The summed E-state index contributed by atoms with van der Waals surface area (Å²) in [6.07, 6.45) is 1.98. The van der Waals surface area contributed by atoms with Gasteiger partial charge in [-0.3, -0.25) is 4.79 Å². The zero-order valence-electron chi connectivity index (χ0n) is 15.0. The molecule has 0 bridgehead atoms. The molecule has 2 aromatic carbocycles. The second-order valence-electron chi connectivity index (χ2n) is 6.46. The molecule has 6 heteroatoms. The van der Waals surface area contributed by atoms with E-state index in [1.807, 2.05) is 30.3 Å². The molecule has 1 saturated heterocycles. The van der Waals surface area contributed by atoms with Crippen molar-refractivity contribution >= 4 is 15.9 Å². The summed E-state index contributed by atoms with van der Waals surface area (Å²) in [6.45, 7) is 3.54. The number of nitrogens with zero attached hydrogens (tertiary/aromatic N) is 2. The minimum atomic E-state index is -3.51. The second-order valence-corrected chi connectivity index (χ2v) is 8.39. The van der Waals surface area contributed by atoms with Crippen LogP contribution in [-0.2, 0) is 16.4 Å². The smallest absolute Gasteiger partial charge is 0.253 e. The molecule has 1 amide bonds. The number of benzene rings is 2. The fourth-order valence-corrected chi connectivity index (χ4v) is 4.58. The van der Waals surface area contributed by atoms with Crippen LogP contribution in [0.15, 0.2) is 59.5 Å². The van der Waals surface area contributed by atoms with E-state index in [1.54, 1.807) is 29.2 Å². The number of aryl methyl sites for hydroxylation is 1. The Morgan fingerprint density at radius 1 is 0.923 bits per heavy atom. The Kier molecular flexibility index (Phi) is 5.74. The van der Waals surface area contributed by atoms with Gasteiger partial charge >= 0.3 is 0 Å². The molecule has 1 fully saturated rings. The summed E-state index contributed by atoms with van der Waals surface area (Å²) in [5.74, 6) is -0.0495. The van der Waals surface area contributed by atoms with E-state index in [1.165, 1.54) is 4.31 Å². The van der Waals surface area contributed by atoms with Gasteiger partial charge in [0, 0.05) is 31.7 Å². The topological polar surface area (TPSA) is 57.7 Å². The minimum Gasteiger partial charge on any atom is -0.336 e. The van der Waals surface area contributed by atoms with Crippen LogP contribution in [-0.4, -0.2) is 49.7 Å². The fraction of sp³-hybridized carbons (Fsp3) is 0.350. The van der Waals surface area contributed by atoms with Crippen LogP contribution in [0.1, 0.15) is 29.3 Å². The number of amides is 1. The Hall–Kier alpha value is -2.18. The first-order valence-corrected chi connectivity index (χ1v) is 10.4. The van der Waals surface area contributed by atoms with Gasteiger partial charge in [-0.15, -0.1) is 0 Å². The number of rotatable bonds is 5. The molecule has 0 aromatic heterocycles. The molecule has 0 aliphatic carbocycles. The lowest BCUT2D eigenvalue weighted by atomic mass is 10.1. The molecule has 0 atom stereocenters. The molecule has 26 heavy (non-hydrogen) atoms. The predicted octanol–water partition coefficient (Wildman–Crippen LogP) is 2.79. The molecule has 0 saturated carbocycles. The maximum Gasteiger partial charge on any atom is 0.253 e. The van der Waals surface area contributed by atoms with E-state index in [4.69, 9.17) is 0 Å². The van der Waals surface area contributed by atoms with Crippen molar-refractivity contribution in [3.63, 3.8) is 0 Å². The molecule has 1 heterocycles. The molecular weight excluding hydrogens is 348 g/mol. The third kappa shape index (κ3) is 3.97. The Bertz CT molecular complexity index is 840. The summed E-state index contributed by atoms with van der Waals surface area (Å²) >= 11 is 0. The average molecular weight is 372 g/mol. The maximum absolute atomic E-state index is 12.8. The molecule has 1 aliphatic heterocycles. The zero-order valence-corrected chi connectivity index (χ0v) is 15.8. The van der Waals surface area contributed by atoms with Gasteiger partial charge in [-0.25, -0.2) is 8.42 Å². The largest absolute Gasteiger partial charge is 0.336 e. The first-order valence-electron chi connectivity index (χ1n) is 8.96. The van der Waals surface area contributed by atoms with Gasteiger partial charge in [-0.2, -0.15) is 4.31 Å². The number of carbonyl (C=O) groups excluding carboxylic acids is 1. The normalized spacial score (nSPS) is 15.8. The van der Waals surface area contributed by atoms with Gasteiger partial charge < -0.3 is 4.90 Å². The summed E-state index contributed by atoms with van der Waals surface area (Å²) in [6, 6.07) is 16.2. The Labute approximate surface area is 155 Å². The summed E-state index contributed by atoms with van der Waals surface area (Å²) in [5, 5.41) is 0.